The summed E-state index contributed by atoms with van der Waals surface area (Å²) in [5.74, 6) is -2.09. The molecule has 0 saturated heterocycles. The molecule has 0 radical (unpaired) electrons. The molecule has 4 heteroatoms. The van der Waals surface area contributed by atoms with Gasteiger partial charge in [0, 0.05) is 5.56 Å². The summed E-state index contributed by atoms with van der Waals surface area (Å²) in [5, 5.41) is 0. The summed E-state index contributed by atoms with van der Waals surface area (Å²) in [7, 11) is 0. The van der Waals surface area contributed by atoms with Crippen molar-refractivity contribution in [3.63, 3.8) is 0 Å². The first-order valence-electron chi connectivity index (χ1n) is 4.69. The fourth-order valence-electron chi connectivity index (χ4n) is 1.52. The van der Waals surface area contributed by atoms with Crippen molar-refractivity contribution in [1.29, 1.82) is 0 Å². The Hall–Kier alpha value is -2.10. The molecular formula is C12H10F2N2. The van der Waals surface area contributed by atoms with Gasteiger partial charge >= 0.3 is 0 Å². The van der Waals surface area contributed by atoms with Gasteiger partial charge in [0.05, 0.1) is 11.4 Å². The molecule has 2 rings (SSSR count). The van der Waals surface area contributed by atoms with Crippen molar-refractivity contribution in [1.82, 2.24) is 0 Å². The van der Waals surface area contributed by atoms with Crippen LogP contribution in [0.15, 0.2) is 36.4 Å². The third kappa shape index (κ3) is 1.58. The molecule has 2 aromatic carbocycles. The number of anilines is 2. The number of hydrogen-bond donors (Lipinski definition) is 2. The predicted molar refractivity (Wildman–Crippen MR) is 60.6 cm³/mol. The molecule has 82 valence electrons. The van der Waals surface area contributed by atoms with Gasteiger partial charge in [-0.2, -0.15) is 0 Å². The molecule has 0 saturated carbocycles. The van der Waals surface area contributed by atoms with Crippen LogP contribution >= 0.6 is 0 Å². The summed E-state index contributed by atoms with van der Waals surface area (Å²) in [6.45, 7) is 0. The smallest absolute Gasteiger partial charge is 0.183 e. The fraction of sp³-hybridized carbons (Fsp3) is 0. The predicted octanol–water partition coefficient (Wildman–Crippen LogP) is 2.80. The molecule has 0 fully saturated rings. The van der Waals surface area contributed by atoms with Gasteiger partial charge in [-0.25, -0.2) is 8.78 Å². The van der Waals surface area contributed by atoms with E-state index in [1.165, 1.54) is 0 Å². The van der Waals surface area contributed by atoms with E-state index in [0.29, 0.717) is 11.1 Å². The summed E-state index contributed by atoms with van der Waals surface area (Å²) >= 11 is 0. The highest BCUT2D eigenvalue weighted by Gasteiger charge is 2.14. The van der Waals surface area contributed by atoms with Crippen molar-refractivity contribution in [3.8, 4) is 11.1 Å². The van der Waals surface area contributed by atoms with Gasteiger partial charge in [-0.3, -0.25) is 0 Å². The van der Waals surface area contributed by atoms with Crippen LogP contribution in [0.5, 0.6) is 0 Å². The summed E-state index contributed by atoms with van der Waals surface area (Å²) in [4.78, 5) is 0. The van der Waals surface area contributed by atoms with Gasteiger partial charge in [-0.1, -0.05) is 30.3 Å². The Balaban J connectivity index is 2.68. The van der Waals surface area contributed by atoms with E-state index in [9.17, 15) is 8.78 Å². The zero-order valence-electron chi connectivity index (χ0n) is 8.37. The molecule has 2 nitrogen and oxygen atoms in total. The lowest BCUT2D eigenvalue weighted by molar-refractivity contribution is 0.513. The second-order valence-corrected chi connectivity index (χ2v) is 3.41. The standard InChI is InChI=1S/C12H10F2N2/c13-9-6-8(7-4-2-1-3-5-7)11(15)12(16)10(9)14/h1-6H,15-16H2. The van der Waals surface area contributed by atoms with Crippen LogP contribution in [0.1, 0.15) is 0 Å². The highest BCUT2D eigenvalue weighted by molar-refractivity contribution is 5.84. The molecule has 0 aliphatic carbocycles. The summed E-state index contributed by atoms with van der Waals surface area (Å²) in [5.41, 5.74) is 11.8. The van der Waals surface area contributed by atoms with Crippen LogP contribution < -0.4 is 11.5 Å². The minimum absolute atomic E-state index is 0.0603. The Kier molecular flexibility index (Phi) is 2.48. The molecule has 4 N–H and O–H groups in total. The molecule has 0 bridgehead atoms. The van der Waals surface area contributed by atoms with Gasteiger partial charge in [0.15, 0.2) is 11.6 Å². The second kappa shape index (κ2) is 3.81. The molecule has 0 aliphatic heterocycles. The lowest BCUT2D eigenvalue weighted by Crippen LogP contribution is -2.02. The van der Waals surface area contributed by atoms with Crippen molar-refractivity contribution in [2.45, 2.75) is 0 Å². The monoisotopic (exact) mass is 220 g/mol. The summed E-state index contributed by atoms with van der Waals surface area (Å²) in [6.07, 6.45) is 0. The van der Waals surface area contributed by atoms with Gasteiger partial charge in [0.25, 0.3) is 0 Å². The van der Waals surface area contributed by atoms with Gasteiger partial charge in [0.1, 0.15) is 0 Å². The fourth-order valence-corrected chi connectivity index (χ4v) is 1.52. The number of hydrogen-bond acceptors (Lipinski definition) is 2. The van der Waals surface area contributed by atoms with E-state index in [1.807, 2.05) is 6.07 Å². The van der Waals surface area contributed by atoms with Crippen molar-refractivity contribution in [2.75, 3.05) is 11.5 Å². The zero-order chi connectivity index (χ0) is 11.7. The van der Waals surface area contributed by atoms with E-state index in [1.54, 1.807) is 24.3 Å². The van der Waals surface area contributed by atoms with E-state index >= 15 is 0 Å². The SMILES string of the molecule is Nc1c(-c2ccccc2)cc(F)c(F)c1N. The van der Waals surface area contributed by atoms with Crippen molar-refractivity contribution in [3.05, 3.63) is 48.0 Å². The molecule has 0 atom stereocenters. The highest BCUT2D eigenvalue weighted by Crippen LogP contribution is 2.33. The number of benzene rings is 2. The molecule has 0 heterocycles. The molecular weight excluding hydrogens is 210 g/mol. The lowest BCUT2D eigenvalue weighted by Gasteiger charge is -2.09. The largest absolute Gasteiger partial charge is 0.396 e. The maximum absolute atomic E-state index is 13.2. The van der Waals surface area contributed by atoms with Crippen molar-refractivity contribution in [2.24, 2.45) is 0 Å². The van der Waals surface area contributed by atoms with Crippen molar-refractivity contribution >= 4 is 11.4 Å². The molecule has 0 aromatic heterocycles. The molecule has 16 heavy (non-hydrogen) atoms. The first-order valence-corrected chi connectivity index (χ1v) is 4.69. The summed E-state index contributed by atoms with van der Waals surface area (Å²) in [6, 6.07) is 9.95. The average molecular weight is 220 g/mol. The van der Waals surface area contributed by atoms with E-state index in [2.05, 4.69) is 0 Å². The van der Waals surface area contributed by atoms with E-state index in [0.717, 1.165) is 6.07 Å². The highest BCUT2D eigenvalue weighted by atomic mass is 19.2. The Morgan fingerprint density at radius 2 is 1.50 bits per heavy atom. The Morgan fingerprint density at radius 3 is 2.12 bits per heavy atom. The zero-order valence-corrected chi connectivity index (χ0v) is 8.37. The molecule has 0 unspecified atom stereocenters. The normalized spacial score (nSPS) is 10.4. The maximum atomic E-state index is 13.2. The Labute approximate surface area is 91.5 Å². The topological polar surface area (TPSA) is 52.0 Å². The number of rotatable bonds is 1. The third-order valence-electron chi connectivity index (χ3n) is 2.38. The van der Waals surface area contributed by atoms with Crippen LogP contribution in [-0.2, 0) is 0 Å². The van der Waals surface area contributed by atoms with Crippen LogP contribution in [-0.4, -0.2) is 0 Å². The van der Waals surface area contributed by atoms with Gasteiger partial charge in [-0.15, -0.1) is 0 Å². The molecule has 2 aromatic rings. The van der Waals surface area contributed by atoms with Crippen LogP contribution in [0.4, 0.5) is 20.2 Å². The maximum Gasteiger partial charge on any atom is 0.183 e. The first kappa shape index (κ1) is 10.4. The quantitative estimate of drug-likeness (QED) is 0.726. The van der Waals surface area contributed by atoms with Gasteiger partial charge in [-0.05, 0) is 11.6 Å². The van der Waals surface area contributed by atoms with E-state index in [4.69, 9.17) is 11.5 Å². The Bertz CT molecular complexity index is 524. The molecule has 0 spiro atoms. The minimum atomic E-state index is -1.10. The van der Waals surface area contributed by atoms with Crippen LogP contribution in [0.3, 0.4) is 0 Å². The number of nitrogen functional groups attached to an aromatic ring is 2. The number of halogens is 2. The molecule has 0 amide bonds. The van der Waals surface area contributed by atoms with Crippen LogP contribution in [0, 0.1) is 11.6 Å². The Morgan fingerprint density at radius 1 is 0.875 bits per heavy atom. The lowest BCUT2D eigenvalue weighted by atomic mass is 10.0. The molecule has 0 aliphatic rings. The average Bonchev–Trinajstić information content (AvgIpc) is 2.32. The third-order valence-corrected chi connectivity index (χ3v) is 2.38. The number of nitrogens with two attached hydrogens (primary N) is 2. The van der Waals surface area contributed by atoms with Crippen LogP contribution in [0.2, 0.25) is 0 Å². The van der Waals surface area contributed by atoms with Gasteiger partial charge < -0.3 is 11.5 Å². The van der Waals surface area contributed by atoms with Crippen molar-refractivity contribution < 1.29 is 8.78 Å². The van der Waals surface area contributed by atoms with E-state index < -0.39 is 11.6 Å². The second-order valence-electron chi connectivity index (χ2n) is 3.41. The van der Waals surface area contributed by atoms with Gasteiger partial charge in [0.2, 0.25) is 0 Å². The van der Waals surface area contributed by atoms with E-state index in [-0.39, 0.29) is 11.4 Å². The minimum Gasteiger partial charge on any atom is -0.396 e. The van der Waals surface area contributed by atoms with Crippen LogP contribution in [0.25, 0.3) is 11.1 Å². The summed E-state index contributed by atoms with van der Waals surface area (Å²) < 4.78 is 26.3. The first-order chi connectivity index (χ1) is 7.61.